The number of carbonyl (C=O) groups is 2. The van der Waals surface area contributed by atoms with Crippen molar-refractivity contribution in [3.63, 3.8) is 0 Å². The Hall–Kier alpha value is -1.43. The molecule has 1 aliphatic carbocycles. The van der Waals surface area contributed by atoms with E-state index in [2.05, 4.69) is 10.3 Å². The molecule has 1 amide bonds. The molecule has 6 heteroatoms. The van der Waals surface area contributed by atoms with Crippen LogP contribution in [0.5, 0.6) is 0 Å². The average molecular weight is 282 g/mol. The van der Waals surface area contributed by atoms with Crippen molar-refractivity contribution in [3.05, 3.63) is 11.1 Å². The van der Waals surface area contributed by atoms with Crippen molar-refractivity contribution in [2.45, 2.75) is 39.0 Å². The van der Waals surface area contributed by atoms with Crippen LogP contribution >= 0.6 is 11.3 Å². The van der Waals surface area contributed by atoms with Gasteiger partial charge in [-0.3, -0.25) is 9.59 Å². The number of nitrogens with one attached hydrogen (secondary N) is 1. The number of hydrogen-bond donors (Lipinski definition) is 2. The first-order valence-electron chi connectivity index (χ1n) is 6.48. The molecular formula is C13H18N2O3S. The second-order valence-corrected chi connectivity index (χ2v) is 6.06. The molecule has 1 aromatic rings. The SMILES string of the molecule is CC(C)c1csc(NC(=O)C2CCCC2C(=O)O)n1. The van der Waals surface area contributed by atoms with Crippen molar-refractivity contribution in [2.24, 2.45) is 11.8 Å². The van der Waals surface area contributed by atoms with Crippen LogP contribution in [0.2, 0.25) is 0 Å². The number of aliphatic carboxylic acids is 1. The smallest absolute Gasteiger partial charge is 0.307 e. The Labute approximate surface area is 116 Å². The second-order valence-electron chi connectivity index (χ2n) is 5.20. The summed E-state index contributed by atoms with van der Waals surface area (Å²) in [6, 6.07) is 0. The molecule has 1 fully saturated rings. The highest BCUT2D eigenvalue weighted by Gasteiger charge is 2.37. The monoisotopic (exact) mass is 282 g/mol. The predicted molar refractivity (Wildman–Crippen MR) is 73.3 cm³/mol. The van der Waals surface area contributed by atoms with Gasteiger partial charge in [0.1, 0.15) is 0 Å². The van der Waals surface area contributed by atoms with E-state index in [0.29, 0.717) is 23.9 Å². The molecule has 1 aliphatic rings. The summed E-state index contributed by atoms with van der Waals surface area (Å²) in [4.78, 5) is 27.5. The Bertz CT molecular complexity index is 484. The van der Waals surface area contributed by atoms with Crippen molar-refractivity contribution in [3.8, 4) is 0 Å². The lowest BCUT2D eigenvalue weighted by Gasteiger charge is -2.14. The molecule has 104 valence electrons. The highest BCUT2D eigenvalue weighted by molar-refractivity contribution is 7.13. The van der Waals surface area contributed by atoms with E-state index in [9.17, 15) is 9.59 Å². The Morgan fingerprint density at radius 2 is 2.11 bits per heavy atom. The van der Waals surface area contributed by atoms with E-state index < -0.39 is 17.8 Å². The van der Waals surface area contributed by atoms with E-state index in [-0.39, 0.29) is 5.91 Å². The summed E-state index contributed by atoms with van der Waals surface area (Å²) in [6.45, 7) is 4.08. The lowest BCUT2D eigenvalue weighted by molar-refractivity contribution is -0.145. The van der Waals surface area contributed by atoms with Crippen molar-refractivity contribution < 1.29 is 14.7 Å². The minimum Gasteiger partial charge on any atom is -0.481 e. The summed E-state index contributed by atoms with van der Waals surface area (Å²) >= 11 is 1.38. The molecule has 0 bridgehead atoms. The molecule has 0 radical (unpaired) electrons. The van der Waals surface area contributed by atoms with Crippen LogP contribution in [-0.4, -0.2) is 22.0 Å². The summed E-state index contributed by atoms with van der Waals surface area (Å²) in [7, 11) is 0. The maximum Gasteiger partial charge on any atom is 0.307 e. The number of carboxylic acids is 1. The lowest BCUT2D eigenvalue weighted by Crippen LogP contribution is -2.29. The largest absolute Gasteiger partial charge is 0.481 e. The number of rotatable bonds is 4. The molecule has 1 saturated carbocycles. The van der Waals surface area contributed by atoms with Gasteiger partial charge in [0.25, 0.3) is 0 Å². The number of carboxylic acid groups (broad SMARTS) is 1. The molecule has 2 unspecified atom stereocenters. The van der Waals surface area contributed by atoms with Gasteiger partial charge in [0.15, 0.2) is 5.13 Å². The van der Waals surface area contributed by atoms with E-state index in [1.165, 1.54) is 11.3 Å². The van der Waals surface area contributed by atoms with Crippen molar-refractivity contribution in [1.82, 2.24) is 4.98 Å². The highest BCUT2D eigenvalue weighted by atomic mass is 32.1. The van der Waals surface area contributed by atoms with E-state index >= 15 is 0 Å². The van der Waals surface area contributed by atoms with Gasteiger partial charge in [-0.15, -0.1) is 11.3 Å². The Morgan fingerprint density at radius 3 is 2.68 bits per heavy atom. The third kappa shape index (κ3) is 3.12. The molecule has 2 rings (SSSR count). The van der Waals surface area contributed by atoms with Crippen LogP contribution in [-0.2, 0) is 9.59 Å². The average Bonchev–Trinajstić information content (AvgIpc) is 2.96. The molecule has 0 saturated heterocycles. The lowest BCUT2D eigenvalue weighted by atomic mass is 9.95. The van der Waals surface area contributed by atoms with Gasteiger partial charge < -0.3 is 10.4 Å². The molecule has 1 aromatic heterocycles. The van der Waals surface area contributed by atoms with Gasteiger partial charge in [0.05, 0.1) is 17.5 Å². The van der Waals surface area contributed by atoms with Crippen LogP contribution in [0.3, 0.4) is 0 Å². The topological polar surface area (TPSA) is 79.3 Å². The van der Waals surface area contributed by atoms with E-state index in [1.807, 2.05) is 19.2 Å². The van der Waals surface area contributed by atoms with E-state index in [1.54, 1.807) is 0 Å². The zero-order valence-corrected chi connectivity index (χ0v) is 11.9. The first kappa shape index (κ1) is 14.0. The van der Waals surface area contributed by atoms with Gasteiger partial charge in [0, 0.05) is 5.38 Å². The second kappa shape index (κ2) is 5.69. The zero-order chi connectivity index (χ0) is 14.0. The summed E-state index contributed by atoms with van der Waals surface area (Å²) in [6.07, 6.45) is 2.03. The van der Waals surface area contributed by atoms with Gasteiger partial charge in [-0.1, -0.05) is 20.3 Å². The molecule has 5 nitrogen and oxygen atoms in total. The van der Waals surface area contributed by atoms with Gasteiger partial charge in [-0.05, 0) is 18.8 Å². The molecule has 0 aromatic carbocycles. The quantitative estimate of drug-likeness (QED) is 0.890. The number of nitrogens with zero attached hydrogens (tertiary/aromatic N) is 1. The molecule has 19 heavy (non-hydrogen) atoms. The van der Waals surface area contributed by atoms with Gasteiger partial charge in [-0.25, -0.2) is 4.98 Å². The fraction of sp³-hybridized carbons (Fsp3) is 0.615. The molecule has 0 spiro atoms. The molecule has 2 atom stereocenters. The summed E-state index contributed by atoms with van der Waals surface area (Å²) in [5.41, 5.74) is 0.946. The fourth-order valence-electron chi connectivity index (χ4n) is 2.38. The number of aromatic nitrogens is 1. The fourth-order valence-corrected chi connectivity index (χ4v) is 3.25. The summed E-state index contributed by atoms with van der Waals surface area (Å²) in [5, 5.41) is 14.3. The van der Waals surface area contributed by atoms with Crippen LogP contribution in [0.25, 0.3) is 0 Å². The number of anilines is 1. The van der Waals surface area contributed by atoms with Gasteiger partial charge in [-0.2, -0.15) is 0 Å². The van der Waals surface area contributed by atoms with Crippen molar-refractivity contribution >= 4 is 28.3 Å². The highest BCUT2D eigenvalue weighted by Crippen LogP contribution is 2.33. The Kier molecular flexibility index (Phi) is 4.19. The normalized spacial score (nSPS) is 22.7. The van der Waals surface area contributed by atoms with Crippen molar-refractivity contribution in [2.75, 3.05) is 5.32 Å². The number of amides is 1. The van der Waals surface area contributed by atoms with E-state index in [4.69, 9.17) is 5.11 Å². The molecule has 1 heterocycles. The van der Waals surface area contributed by atoms with Crippen LogP contribution in [0, 0.1) is 11.8 Å². The molecule has 2 N–H and O–H groups in total. The summed E-state index contributed by atoms with van der Waals surface area (Å²) < 4.78 is 0. The number of thiazole rings is 1. The number of carbonyl (C=O) groups excluding carboxylic acids is 1. The van der Waals surface area contributed by atoms with Crippen molar-refractivity contribution in [1.29, 1.82) is 0 Å². The first-order chi connectivity index (χ1) is 8.99. The Morgan fingerprint density at radius 1 is 1.42 bits per heavy atom. The first-order valence-corrected chi connectivity index (χ1v) is 7.36. The van der Waals surface area contributed by atoms with Crippen LogP contribution in [0.15, 0.2) is 5.38 Å². The molecular weight excluding hydrogens is 264 g/mol. The van der Waals surface area contributed by atoms with Crippen LogP contribution < -0.4 is 5.32 Å². The van der Waals surface area contributed by atoms with Crippen LogP contribution in [0.4, 0.5) is 5.13 Å². The maximum absolute atomic E-state index is 12.1. The summed E-state index contributed by atoms with van der Waals surface area (Å²) in [5.74, 6) is -1.75. The minimum atomic E-state index is -0.875. The van der Waals surface area contributed by atoms with Gasteiger partial charge >= 0.3 is 5.97 Å². The number of hydrogen-bond acceptors (Lipinski definition) is 4. The zero-order valence-electron chi connectivity index (χ0n) is 11.0. The Balaban J connectivity index is 2.02. The van der Waals surface area contributed by atoms with Crippen LogP contribution in [0.1, 0.15) is 44.7 Å². The third-order valence-corrected chi connectivity index (χ3v) is 4.29. The standard InChI is InChI=1S/C13H18N2O3S/c1-7(2)10-6-19-13(14-10)15-11(16)8-4-3-5-9(8)12(17)18/h6-9H,3-5H2,1-2H3,(H,17,18)(H,14,15,16). The van der Waals surface area contributed by atoms with E-state index in [0.717, 1.165) is 12.1 Å². The molecule has 0 aliphatic heterocycles. The predicted octanol–water partition coefficient (Wildman–Crippen LogP) is 2.71. The minimum absolute atomic E-state index is 0.213. The maximum atomic E-state index is 12.1. The third-order valence-electron chi connectivity index (χ3n) is 3.51. The van der Waals surface area contributed by atoms with Gasteiger partial charge in [0.2, 0.25) is 5.91 Å².